The third-order valence-corrected chi connectivity index (χ3v) is 1.79. The van der Waals surface area contributed by atoms with Gasteiger partial charge in [-0.05, 0) is 31.5 Å². The van der Waals surface area contributed by atoms with Crippen LogP contribution in [0.4, 0.5) is 5.69 Å². The van der Waals surface area contributed by atoms with E-state index in [1.165, 1.54) is 0 Å². The number of rotatable bonds is 4. The molecule has 1 rings (SSSR count). The average molecular weight is 209 g/mol. The molecule has 2 nitrogen and oxygen atoms in total. The summed E-state index contributed by atoms with van der Waals surface area (Å²) in [6, 6.07) is 7.97. The highest BCUT2D eigenvalue weighted by molar-refractivity contribution is 5.78. The number of hydrogen-bond donors (Lipinski definition) is 1. The lowest BCUT2D eigenvalue weighted by Crippen LogP contribution is -1.98. The minimum Gasteiger partial charge on any atom is -0.385 e. The highest BCUT2D eigenvalue weighted by Gasteiger charge is 1.96. The van der Waals surface area contributed by atoms with Gasteiger partial charge in [0.05, 0.1) is 0 Å². The van der Waals surface area contributed by atoms with Gasteiger partial charge in [0, 0.05) is 20.1 Å². The molecule has 1 N–H and O–H groups in total. The number of nitrogens with one attached hydrogen (secondary N) is 1. The van der Waals surface area contributed by atoms with E-state index in [0.717, 1.165) is 17.8 Å². The van der Waals surface area contributed by atoms with E-state index >= 15 is 0 Å². The molecule has 1 aromatic carbocycles. The lowest BCUT2D eigenvalue weighted by atomic mass is 10.1. The van der Waals surface area contributed by atoms with Crippen LogP contribution >= 0.6 is 0 Å². The zero-order valence-electron chi connectivity index (χ0n) is 10.1. The average Bonchev–Trinajstić information content (AvgIpc) is 2.24. The molecule has 0 aliphatic rings. The van der Waals surface area contributed by atoms with Crippen molar-refractivity contribution in [3.8, 4) is 0 Å². The van der Waals surface area contributed by atoms with E-state index in [4.69, 9.17) is 0 Å². The zero-order valence-corrected chi connectivity index (χ0v) is 10.1. The summed E-state index contributed by atoms with van der Waals surface area (Å²) < 4.78 is 0. The van der Waals surface area contributed by atoms with Gasteiger partial charge in [-0.1, -0.05) is 26.0 Å². The van der Waals surface area contributed by atoms with Crippen molar-refractivity contribution in [3.63, 3.8) is 0 Å². The van der Waals surface area contributed by atoms with Crippen LogP contribution in [0.25, 0.3) is 0 Å². The third kappa shape index (κ3) is 5.89. The molecule has 0 unspecified atom stereocenters. The van der Waals surface area contributed by atoms with Crippen molar-refractivity contribution >= 4 is 11.5 Å². The molecule has 0 amide bonds. The second kappa shape index (κ2) is 8.04. The molecule has 0 atom stereocenters. The molecule has 0 spiro atoms. The van der Waals surface area contributed by atoms with E-state index in [2.05, 4.69) is 12.2 Å². The molecule has 0 radical (unpaired) electrons. The summed E-state index contributed by atoms with van der Waals surface area (Å²) in [4.78, 5) is 10.8. The third-order valence-electron chi connectivity index (χ3n) is 1.79. The van der Waals surface area contributed by atoms with Crippen LogP contribution in [0.5, 0.6) is 0 Å². The lowest BCUT2D eigenvalue weighted by Gasteiger charge is -2.03. The van der Waals surface area contributed by atoms with Crippen LogP contribution in [0.15, 0.2) is 24.3 Å². The van der Waals surface area contributed by atoms with Gasteiger partial charge < -0.3 is 5.32 Å². The summed E-state index contributed by atoms with van der Waals surface area (Å²) in [7, 11) is 0. The molecule has 0 aliphatic carbocycles. The number of hydrogen-bond acceptors (Lipinski definition) is 2. The maximum absolute atomic E-state index is 10.8. The molecule has 1 aromatic rings. The smallest absolute Gasteiger partial charge is 0.134 e. The number of Topliss-reactive ketones (excluding diaryl/α,β-unsaturated/α-hetero) is 1. The highest BCUT2D eigenvalue weighted by atomic mass is 16.1. The fraction of sp³-hybridized carbons (Fsp3) is 0.462. The van der Waals surface area contributed by atoms with E-state index in [-0.39, 0.29) is 7.21 Å². The predicted molar refractivity (Wildman–Crippen MR) is 68.5 cm³/mol. The first kappa shape index (κ1) is 13.7. The molecule has 0 bridgehead atoms. The van der Waals surface area contributed by atoms with Crippen LogP contribution < -0.4 is 5.32 Å². The van der Waals surface area contributed by atoms with Gasteiger partial charge in [0.25, 0.3) is 0 Å². The van der Waals surface area contributed by atoms with Crippen LogP contribution in [0, 0.1) is 0 Å². The molecule has 0 heterocycles. The van der Waals surface area contributed by atoms with E-state index in [1.807, 2.05) is 38.1 Å². The topological polar surface area (TPSA) is 29.1 Å². The van der Waals surface area contributed by atoms with Crippen molar-refractivity contribution in [2.24, 2.45) is 0 Å². The SMILES string of the molecule is CC.CCNc1ccc(CC(C)=O)cc1.[HH]. The van der Waals surface area contributed by atoms with Crippen molar-refractivity contribution in [1.82, 2.24) is 0 Å². The van der Waals surface area contributed by atoms with Crippen molar-refractivity contribution in [2.75, 3.05) is 11.9 Å². The van der Waals surface area contributed by atoms with Gasteiger partial charge >= 0.3 is 0 Å². The fourth-order valence-electron chi connectivity index (χ4n) is 1.23. The number of carbonyl (C=O) groups is 1. The summed E-state index contributed by atoms with van der Waals surface area (Å²) in [5.41, 5.74) is 2.18. The zero-order chi connectivity index (χ0) is 11.7. The first-order valence-electron chi connectivity index (χ1n) is 5.54. The monoisotopic (exact) mass is 209 g/mol. The molecular formula is C13H23NO. The highest BCUT2D eigenvalue weighted by Crippen LogP contribution is 2.09. The van der Waals surface area contributed by atoms with Crippen LogP contribution in [0.1, 0.15) is 34.7 Å². The number of carbonyl (C=O) groups excluding carboxylic acids is 1. The number of ketones is 1. The minimum atomic E-state index is 0. The van der Waals surface area contributed by atoms with Gasteiger partial charge in [0.1, 0.15) is 5.78 Å². The Morgan fingerprint density at radius 3 is 2.20 bits per heavy atom. The Balaban J connectivity index is 0. The van der Waals surface area contributed by atoms with Crippen LogP contribution in [-0.2, 0) is 11.2 Å². The lowest BCUT2D eigenvalue weighted by molar-refractivity contribution is -0.116. The Morgan fingerprint density at radius 1 is 1.27 bits per heavy atom. The van der Waals surface area contributed by atoms with Crippen molar-refractivity contribution in [1.29, 1.82) is 0 Å². The van der Waals surface area contributed by atoms with E-state index in [1.54, 1.807) is 6.92 Å². The van der Waals surface area contributed by atoms with Crippen molar-refractivity contribution in [2.45, 2.75) is 34.1 Å². The summed E-state index contributed by atoms with van der Waals surface area (Å²) >= 11 is 0. The molecule has 0 aromatic heterocycles. The largest absolute Gasteiger partial charge is 0.385 e. The van der Waals surface area contributed by atoms with Gasteiger partial charge in [-0.2, -0.15) is 0 Å². The fourth-order valence-corrected chi connectivity index (χ4v) is 1.23. The Kier molecular flexibility index (Phi) is 7.33. The summed E-state index contributed by atoms with van der Waals surface area (Å²) in [5.74, 6) is 0.205. The second-order valence-electron chi connectivity index (χ2n) is 3.11. The Bertz CT molecular complexity index is 282. The van der Waals surface area contributed by atoms with Crippen LogP contribution in [0.3, 0.4) is 0 Å². The van der Waals surface area contributed by atoms with Crippen LogP contribution in [-0.4, -0.2) is 12.3 Å². The molecule has 86 valence electrons. The molecule has 15 heavy (non-hydrogen) atoms. The molecule has 2 heteroatoms. The van der Waals surface area contributed by atoms with E-state index in [0.29, 0.717) is 6.42 Å². The molecule has 0 saturated carbocycles. The molecule has 0 aliphatic heterocycles. The molecular weight excluding hydrogens is 186 g/mol. The maximum Gasteiger partial charge on any atom is 0.134 e. The second-order valence-corrected chi connectivity index (χ2v) is 3.11. The van der Waals surface area contributed by atoms with E-state index < -0.39 is 0 Å². The van der Waals surface area contributed by atoms with Crippen molar-refractivity contribution in [3.05, 3.63) is 29.8 Å². The molecule has 0 saturated heterocycles. The van der Waals surface area contributed by atoms with Gasteiger partial charge in [-0.25, -0.2) is 0 Å². The first-order valence-corrected chi connectivity index (χ1v) is 5.54. The Morgan fingerprint density at radius 2 is 1.80 bits per heavy atom. The Hall–Kier alpha value is -1.31. The molecule has 0 fully saturated rings. The normalized spacial score (nSPS) is 8.80. The summed E-state index contributed by atoms with van der Waals surface area (Å²) in [5, 5.41) is 3.20. The minimum absolute atomic E-state index is 0. The first-order chi connectivity index (χ1) is 7.22. The van der Waals surface area contributed by atoms with Crippen LogP contribution in [0.2, 0.25) is 0 Å². The standard InChI is InChI=1S/C11H15NO.C2H6.H2/c1-3-12-11-6-4-10(5-7-11)8-9(2)13;1-2;/h4-7,12H,3,8H2,1-2H3;1-2H3;1H. The van der Waals surface area contributed by atoms with E-state index in [9.17, 15) is 4.79 Å². The summed E-state index contributed by atoms with van der Waals surface area (Å²) in [6.45, 7) is 8.59. The van der Waals surface area contributed by atoms with Gasteiger partial charge in [0.2, 0.25) is 0 Å². The van der Waals surface area contributed by atoms with Gasteiger partial charge in [-0.3, -0.25) is 4.79 Å². The van der Waals surface area contributed by atoms with Gasteiger partial charge in [0.15, 0.2) is 0 Å². The summed E-state index contributed by atoms with van der Waals surface area (Å²) in [6.07, 6.45) is 0.534. The maximum atomic E-state index is 10.8. The van der Waals surface area contributed by atoms with Gasteiger partial charge in [-0.15, -0.1) is 0 Å². The number of anilines is 1. The quantitative estimate of drug-likeness (QED) is 0.822. The van der Waals surface area contributed by atoms with Crippen molar-refractivity contribution < 1.29 is 6.22 Å². The Labute approximate surface area is 94.2 Å². The predicted octanol–water partition coefficient (Wildman–Crippen LogP) is 3.52. The number of benzene rings is 1.